The highest BCUT2D eigenvalue weighted by Crippen LogP contribution is 2.33. The summed E-state index contributed by atoms with van der Waals surface area (Å²) in [6, 6.07) is 9.50. The first-order chi connectivity index (χ1) is 7.85. The van der Waals surface area contributed by atoms with E-state index in [0.717, 1.165) is 22.5 Å². The molecule has 2 nitrogen and oxygen atoms in total. The van der Waals surface area contributed by atoms with Gasteiger partial charge in [0.25, 0.3) is 0 Å². The summed E-state index contributed by atoms with van der Waals surface area (Å²) in [4.78, 5) is 11.9. The molecule has 2 rings (SSSR count). The van der Waals surface area contributed by atoms with Crippen LogP contribution in [0, 0.1) is 0 Å². The van der Waals surface area contributed by atoms with Crippen molar-refractivity contribution in [3.05, 3.63) is 41.3 Å². The van der Waals surface area contributed by atoms with E-state index in [2.05, 4.69) is 0 Å². The number of ether oxygens (including phenoxy) is 1. The Kier molecular flexibility index (Phi) is 3.37. The quantitative estimate of drug-likeness (QED) is 0.752. The smallest absolute Gasteiger partial charge is 0.150 e. The molecule has 1 heterocycles. The van der Waals surface area contributed by atoms with Crippen molar-refractivity contribution in [3.8, 4) is 16.2 Å². The van der Waals surface area contributed by atoms with E-state index in [1.807, 2.05) is 36.6 Å². The molecule has 1 aromatic heterocycles. The van der Waals surface area contributed by atoms with Crippen molar-refractivity contribution in [2.45, 2.75) is 6.92 Å². The zero-order valence-corrected chi connectivity index (χ0v) is 9.79. The number of hydrogen-bond acceptors (Lipinski definition) is 3. The second-order valence-electron chi connectivity index (χ2n) is 3.28. The minimum absolute atomic E-state index is 0.624. The van der Waals surface area contributed by atoms with Gasteiger partial charge in [-0.2, -0.15) is 0 Å². The Balaban J connectivity index is 2.50. The second kappa shape index (κ2) is 4.94. The molecule has 0 saturated heterocycles. The number of carbonyl (C=O) groups excluding carboxylic acids is 1. The normalized spacial score (nSPS) is 10.1. The van der Waals surface area contributed by atoms with E-state index in [-0.39, 0.29) is 0 Å². The maximum atomic E-state index is 10.8. The van der Waals surface area contributed by atoms with Crippen LogP contribution in [-0.2, 0) is 0 Å². The second-order valence-corrected chi connectivity index (χ2v) is 4.23. The molecule has 0 atom stereocenters. The summed E-state index contributed by atoms with van der Waals surface area (Å²) in [6.07, 6.45) is 0.854. The average molecular weight is 232 g/mol. The first-order valence-corrected chi connectivity index (χ1v) is 5.99. The molecule has 0 amide bonds. The number of benzene rings is 1. The largest absolute Gasteiger partial charge is 0.493 e. The van der Waals surface area contributed by atoms with Crippen LogP contribution in [0.3, 0.4) is 0 Å². The van der Waals surface area contributed by atoms with Gasteiger partial charge in [-0.3, -0.25) is 4.79 Å². The Hall–Kier alpha value is -1.61. The highest BCUT2D eigenvalue weighted by atomic mass is 32.1. The van der Waals surface area contributed by atoms with Crippen LogP contribution in [0.2, 0.25) is 0 Å². The van der Waals surface area contributed by atoms with Crippen LogP contribution < -0.4 is 4.74 Å². The van der Waals surface area contributed by atoms with Crippen molar-refractivity contribution in [1.82, 2.24) is 0 Å². The molecule has 0 N–H and O–H groups in total. The fourth-order valence-electron chi connectivity index (χ4n) is 1.53. The van der Waals surface area contributed by atoms with Gasteiger partial charge in [0.2, 0.25) is 0 Å². The Labute approximate surface area is 98.5 Å². The van der Waals surface area contributed by atoms with Gasteiger partial charge in [-0.1, -0.05) is 6.07 Å². The van der Waals surface area contributed by atoms with Crippen LogP contribution >= 0.6 is 11.3 Å². The topological polar surface area (TPSA) is 26.3 Å². The molecule has 82 valence electrons. The number of rotatable bonds is 4. The Morgan fingerprint density at radius 3 is 2.88 bits per heavy atom. The van der Waals surface area contributed by atoms with Crippen molar-refractivity contribution in [2.24, 2.45) is 0 Å². The molecule has 1 aromatic carbocycles. The highest BCUT2D eigenvalue weighted by molar-refractivity contribution is 7.13. The molecule has 0 unspecified atom stereocenters. The summed E-state index contributed by atoms with van der Waals surface area (Å²) in [5, 5.41) is 2.01. The van der Waals surface area contributed by atoms with Gasteiger partial charge in [0.05, 0.1) is 6.61 Å². The van der Waals surface area contributed by atoms with E-state index < -0.39 is 0 Å². The predicted octanol–water partition coefficient (Wildman–Crippen LogP) is 3.63. The van der Waals surface area contributed by atoms with E-state index in [0.29, 0.717) is 12.2 Å². The number of thiophene rings is 1. The van der Waals surface area contributed by atoms with Crippen LogP contribution in [0.25, 0.3) is 10.4 Å². The maximum absolute atomic E-state index is 10.8. The zero-order chi connectivity index (χ0) is 11.4. The molecule has 0 aliphatic heterocycles. The Morgan fingerprint density at radius 1 is 1.38 bits per heavy atom. The van der Waals surface area contributed by atoms with E-state index in [9.17, 15) is 4.79 Å². The molecular formula is C13H12O2S. The fraction of sp³-hybridized carbons (Fsp3) is 0.154. The van der Waals surface area contributed by atoms with Crippen molar-refractivity contribution in [1.29, 1.82) is 0 Å². The fourth-order valence-corrected chi connectivity index (χ4v) is 2.27. The van der Waals surface area contributed by atoms with Crippen molar-refractivity contribution in [3.63, 3.8) is 0 Å². The third-order valence-electron chi connectivity index (χ3n) is 2.23. The van der Waals surface area contributed by atoms with E-state index in [1.54, 1.807) is 17.4 Å². The molecule has 2 aromatic rings. The van der Waals surface area contributed by atoms with Gasteiger partial charge in [0.1, 0.15) is 12.0 Å². The predicted molar refractivity (Wildman–Crippen MR) is 66.3 cm³/mol. The summed E-state index contributed by atoms with van der Waals surface area (Å²) in [5.74, 6) is 0.829. The number of carbonyl (C=O) groups is 1. The van der Waals surface area contributed by atoms with Gasteiger partial charge in [-0.25, -0.2) is 0 Å². The van der Waals surface area contributed by atoms with Crippen molar-refractivity contribution >= 4 is 17.6 Å². The lowest BCUT2D eigenvalue weighted by Gasteiger charge is -2.09. The standard InChI is InChI=1S/C13H12O2S/c1-2-15-12-6-5-10(9-14)8-11(12)13-4-3-7-16-13/h3-9H,2H2,1H3. The molecule has 0 aliphatic carbocycles. The van der Waals surface area contributed by atoms with Gasteiger partial charge >= 0.3 is 0 Å². The van der Waals surface area contributed by atoms with Gasteiger partial charge in [0.15, 0.2) is 0 Å². The zero-order valence-electron chi connectivity index (χ0n) is 8.97. The summed E-state index contributed by atoms with van der Waals surface area (Å²) in [6.45, 7) is 2.57. The monoisotopic (exact) mass is 232 g/mol. The van der Waals surface area contributed by atoms with Gasteiger partial charge in [0, 0.05) is 16.0 Å². The summed E-state index contributed by atoms with van der Waals surface area (Å²) in [7, 11) is 0. The maximum Gasteiger partial charge on any atom is 0.150 e. The molecule has 0 fully saturated rings. The van der Waals surface area contributed by atoms with Crippen LogP contribution in [-0.4, -0.2) is 12.9 Å². The molecule has 0 spiro atoms. The Bertz CT molecular complexity index is 475. The minimum atomic E-state index is 0.624. The van der Waals surface area contributed by atoms with Crippen LogP contribution in [0.15, 0.2) is 35.7 Å². The van der Waals surface area contributed by atoms with Gasteiger partial charge < -0.3 is 4.74 Å². The molecule has 0 aliphatic rings. The molecule has 3 heteroatoms. The lowest BCUT2D eigenvalue weighted by molar-refractivity contribution is 0.112. The van der Waals surface area contributed by atoms with Crippen LogP contribution in [0.1, 0.15) is 17.3 Å². The van der Waals surface area contributed by atoms with Crippen molar-refractivity contribution < 1.29 is 9.53 Å². The van der Waals surface area contributed by atoms with Gasteiger partial charge in [-0.15, -0.1) is 11.3 Å². The third-order valence-corrected chi connectivity index (χ3v) is 3.13. The first-order valence-electron chi connectivity index (χ1n) is 5.11. The average Bonchev–Trinajstić information content (AvgIpc) is 2.83. The Morgan fingerprint density at radius 2 is 2.25 bits per heavy atom. The molecule has 0 radical (unpaired) electrons. The van der Waals surface area contributed by atoms with E-state index in [4.69, 9.17) is 4.74 Å². The third kappa shape index (κ3) is 2.14. The minimum Gasteiger partial charge on any atom is -0.493 e. The van der Waals surface area contributed by atoms with Crippen molar-refractivity contribution in [2.75, 3.05) is 6.61 Å². The van der Waals surface area contributed by atoms with E-state index >= 15 is 0 Å². The summed E-state index contributed by atoms with van der Waals surface area (Å²) >= 11 is 1.64. The number of hydrogen-bond donors (Lipinski definition) is 0. The van der Waals surface area contributed by atoms with Gasteiger partial charge in [-0.05, 0) is 36.6 Å². The van der Waals surface area contributed by atoms with Crippen LogP contribution in [0.5, 0.6) is 5.75 Å². The lowest BCUT2D eigenvalue weighted by Crippen LogP contribution is -1.94. The molecule has 0 saturated carbocycles. The SMILES string of the molecule is CCOc1ccc(C=O)cc1-c1cccs1. The molecule has 16 heavy (non-hydrogen) atoms. The summed E-state index contributed by atoms with van der Waals surface area (Å²) < 4.78 is 5.55. The molecular weight excluding hydrogens is 220 g/mol. The summed E-state index contributed by atoms with van der Waals surface area (Å²) in [5.41, 5.74) is 1.66. The molecule has 0 bridgehead atoms. The number of aldehydes is 1. The lowest BCUT2D eigenvalue weighted by atomic mass is 10.1. The van der Waals surface area contributed by atoms with E-state index in [1.165, 1.54) is 0 Å². The van der Waals surface area contributed by atoms with Crippen LogP contribution in [0.4, 0.5) is 0 Å². The highest BCUT2D eigenvalue weighted by Gasteiger charge is 2.08. The first kappa shape index (κ1) is 10.9.